The van der Waals surface area contributed by atoms with Gasteiger partial charge in [0, 0.05) is 72.1 Å². The summed E-state index contributed by atoms with van der Waals surface area (Å²) >= 11 is 0. The summed E-state index contributed by atoms with van der Waals surface area (Å²) in [6.07, 6.45) is 0. The highest BCUT2D eigenvalue weighted by Crippen LogP contribution is 2.63. The summed E-state index contributed by atoms with van der Waals surface area (Å²) in [6.45, 7) is 6.72. The second-order valence-electron chi connectivity index (χ2n) is 21.5. The summed E-state index contributed by atoms with van der Waals surface area (Å²) in [4.78, 5) is 16.1. The predicted molar refractivity (Wildman–Crippen MR) is 280 cm³/mol. The maximum Gasteiger partial charge on any atom is 0.263 e. The van der Waals surface area contributed by atoms with Crippen LogP contribution in [0.1, 0.15) is 128 Å². The molecule has 4 heterocycles. The standard InChI is InChI=1S/C65H38N4O/c1-65(2,3)33-23-24-47-44(27-33)42-21-12-22-43-56-46(64(70)69(47)62(42)43)28-45-57-48(25-31(29-66)50-52-34-13-4-8-17-38(34)54(59(50)57)39-18-9-5-14-35(39)52)68-49-26-32(30-67)51-53-36-15-6-10-19-40(36)55(41-20-11-7-16-37(41)53)60(51)58(49)61(56)63(45)68/h4-28,52-55H,1-3H3. The molecule has 0 atom stereocenters. The number of aromatic nitrogens is 2. The molecule has 0 radical (unpaired) electrons. The molecule has 70 heavy (non-hydrogen) atoms. The van der Waals surface area contributed by atoms with Crippen molar-refractivity contribution in [3.05, 3.63) is 245 Å². The van der Waals surface area contributed by atoms with E-state index in [1.165, 1.54) is 50.1 Å². The third-order valence-electron chi connectivity index (χ3n) is 17.5. The minimum Gasteiger partial charge on any atom is -0.308 e. The molecule has 4 aromatic heterocycles. The molecule has 324 valence electrons. The van der Waals surface area contributed by atoms with E-state index in [-0.39, 0.29) is 34.6 Å². The van der Waals surface area contributed by atoms with E-state index in [4.69, 9.17) is 0 Å². The van der Waals surface area contributed by atoms with Crippen molar-refractivity contribution in [2.45, 2.75) is 49.9 Å². The van der Waals surface area contributed by atoms with Gasteiger partial charge in [0.05, 0.1) is 50.8 Å². The fourth-order valence-corrected chi connectivity index (χ4v) is 15.0. The molecule has 0 aliphatic heterocycles. The van der Waals surface area contributed by atoms with E-state index in [2.05, 4.69) is 189 Å². The van der Waals surface area contributed by atoms with E-state index in [1.54, 1.807) is 0 Å². The summed E-state index contributed by atoms with van der Waals surface area (Å²) < 4.78 is 4.38. The van der Waals surface area contributed by atoms with Gasteiger partial charge in [-0.3, -0.25) is 9.20 Å². The van der Waals surface area contributed by atoms with Crippen LogP contribution < -0.4 is 5.56 Å². The Bertz CT molecular complexity index is 4740. The van der Waals surface area contributed by atoms with Crippen LogP contribution in [0.2, 0.25) is 0 Å². The van der Waals surface area contributed by atoms with Crippen molar-refractivity contribution < 1.29 is 0 Å². The first-order valence-electron chi connectivity index (χ1n) is 24.5. The second kappa shape index (κ2) is 12.1. The molecule has 5 heteroatoms. The number of hydrogen-bond acceptors (Lipinski definition) is 3. The molecule has 0 spiro atoms. The van der Waals surface area contributed by atoms with E-state index in [0.717, 1.165) is 92.9 Å². The molecule has 13 aromatic rings. The second-order valence-corrected chi connectivity index (χ2v) is 21.5. The summed E-state index contributed by atoms with van der Waals surface area (Å²) in [5.74, 6) is -0.503. The van der Waals surface area contributed by atoms with Crippen LogP contribution in [0.15, 0.2) is 156 Å². The van der Waals surface area contributed by atoms with Gasteiger partial charge in [0.1, 0.15) is 0 Å². The van der Waals surface area contributed by atoms with E-state index in [1.807, 2.05) is 4.40 Å². The quantitative estimate of drug-likeness (QED) is 0.142. The zero-order valence-electron chi connectivity index (χ0n) is 38.4. The van der Waals surface area contributed by atoms with E-state index >= 15 is 4.79 Å². The molecule has 4 bridgehead atoms. The normalized spacial score (nSPS) is 18.2. The molecular formula is C65H38N4O. The van der Waals surface area contributed by atoms with Crippen molar-refractivity contribution in [3.8, 4) is 12.1 Å². The number of hydrogen-bond donors (Lipinski definition) is 0. The highest BCUT2D eigenvalue weighted by atomic mass is 16.1. The molecule has 9 aromatic carbocycles. The average molecular weight is 891 g/mol. The van der Waals surface area contributed by atoms with Crippen LogP contribution in [0.4, 0.5) is 0 Å². The molecule has 0 saturated heterocycles. The van der Waals surface area contributed by atoms with Crippen LogP contribution in [0.5, 0.6) is 0 Å². The molecule has 0 fully saturated rings. The van der Waals surface area contributed by atoms with Crippen LogP contribution in [0.3, 0.4) is 0 Å². The lowest BCUT2D eigenvalue weighted by atomic mass is 9.59. The Hall–Kier alpha value is -8.77. The monoisotopic (exact) mass is 890 g/mol. The zero-order valence-corrected chi connectivity index (χ0v) is 38.4. The van der Waals surface area contributed by atoms with Crippen LogP contribution >= 0.6 is 0 Å². The number of rotatable bonds is 0. The Labute approximate surface area is 401 Å². The third-order valence-corrected chi connectivity index (χ3v) is 17.5. The van der Waals surface area contributed by atoms with Gasteiger partial charge in [-0.1, -0.05) is 142 Å². The van der Waals surface area contributed by atoms with E-state index in [9.17, 15) is 10.5 Å². The minimum absolute atomic E-state index is 0.0378. The summed E-state index contributed by atoms with van der Waals surface area (Å²) in [5, 5.41) is 31.8. The molecule has 6 aliphatic rings. The fourth-order valence-electron chi connectivity index (χ4n) is 15.0. The Kier molecular flexibility index (Phi) is 6.43. The topological polar surface area (TPSA) is 73.5 Å². The summed E-state index contributed by atoms with van der Waals surface area (Å²) in [5.41, 5.74) is 21.7. The van der Waals surface area contributed by atoms with Crippen LogP contribution in [-0.4, -0.2) is 8.80 Å². The number of nitrogens with zero attached hydrogens (tertiary/aromatic N) is 4. The Morgan fingerprint density at radius 3 is 1.37 bits per heavy atom. The Balaban J connectivity index is 1.15. The zero-order chi connectivity index (χ0) is 46.4. The van der Waals surface area contributed by atoms with Crippen molar-refractivity contribution in [1.82, 2.24) is 8.80 Å². The van der Waals surface area contributed by atoms with Gasteiger partial charge in [-0.2, -0.15) is 10.5 Å². The number of pyridine rings is 1. The fraction of sp³-hybridized carbons (Fsp3) is 0.123. The lowest BCUT2D eigenvalue weighted by Gasteiger charge is -2.43. The van der Waals surface area contributed by atoms with Gasteiger partial charge >= 0.3 is 0 Å². The molecule has 0 unspecified atom stereocenters. The van der Waals surface area contributed by atoms with Gasteiger partial charge in [-0.25, -0.2) is 0 Å². The van der Waals surface area contributed by atoms with Crippen molar-refractivity contribution >= 4 is 76.1 Å². The number of benzene rings is 9. The lowest BCUT2D eigenvalue weighted by Crippen LogP contribution is -2.28. The van der Waals surface area contributed by atoms with Gasteiger partial charge in [-0.05, 0) is 108 Å². The van der Waals surface area contributed by atoms with E-state index < -0.39 is 0 Å². The number of nitriles is 2. The summed E-state index contributed by atoms with van der Waals surface area (Å²) in [7, 11) is 0. The largest absolute Gasteiger partial charge is 0.308 e. The van der Waals surface area contributed by atoms with Crippen molar-refractivity contribution in [1.29, 1.82) is 10.5 Å². The number of fused-ring (bicyclic) bond motifs is 12. The van der Waals surface area contributed by atoms with Crippen molar-refractivity contribution in [2.75, 3.05) is 0 Å². The van der Waals surface area contributed by atoms with Gasteiger partial charge in [-0.15, -0.1) is 0 Å². The molecule has 5 nitrogen and oxygen atoms in total. The average Bonchev–Trinajstić information content (AvgIpc) is 4.04. The summed E-state index contributed by atoms with van der Waals surface area (Å²) in [6, 6.07) is 60.3. The van der Waals surface area contributed by atoms with Gasteiger partial charge in [0.25, 0.3) is 5.56 Å². The maximum atomic E-state index is 16.1. The lowest BCUT2D eigenvalue weighted by molar-refractivity contribution is 0.591. The van der Waals surface area contributed by atoms with Crippen molar-refractivity contribution in [2.24, 2.45) is 0 Å². The van der Waals surface area contributed by atoms with Crippen LogP contribution in [0, 0.1) is 22.7 Å². The highest BCUT2D eigenvalue weighted by molar-refractivity contribution is 6.37. The van der Waals surface area contributed by atoms with Gasteiger partial charge in [0.15, 0.2) is 0 Å². The molecule has 0 amide bonds. The van der Waals surface area contributed by atoms with Crippen molar-refractivity contribution in [3.63, 3.8) is 0 Å². The molecule has 0 N–H and O–H groups in total. The first kappa shape index (κ1) is 37.2. The van der Waals surface area contributed by atoms with Gasteiger partial charge in [0.2, 0.25) is 0 Å². The molecule has 6 aliphatic carbocycles. The predicted octanol–water partition coefficient (Wildman–Crippen LogP) is 14.4. The van der Waals surface area contributed by atoms with Gasteiger partial charge < -0.3 is 4.40 Å². The Morgan fingerprint density at radius 2 is 0.871 bits per heavy atom. The molecule has 19 rings (SSSR count). The molecule has 0 saturated carbocycles. The maximum absolute atomic E-state index is 16.1. The van der Waals surface area contributed by atoms with Crippen LogP contribution in [-0.2, 0) is 5.41 Å². The minimum atomic E-state index is -0.139. The first-order chi connectivity index (χ1) is 34.3. The Morgan fingerprint density at radius 1 is 0.400 bits per heavy atom. The smallest absolute Gasteiger partial charge is 0.263 e. The van der Waals surface area contributed by atoms with Crippen LogP contribution in [0.25, 0.3) is 76.1 Å². The highest BCUT2D eigenvalue weighted by Gasteiger charge is 2.47. The first-order valence-corrected chi connectivity index (χ1v) is 24.5. The number of para-hydroxylation sites is 1. The third kappa shape index (κ3) is 3.99. The van der Waals surface area contributed by atoms with E-state index in [0.29, 0.717) is 16.5 Å². The molecular weight excluding hydrogens is 853 g/mol. The SMILES string of the molecule is CC(C)(C)c1ccc2c(c1)c1cccc3c4c(cc5c6c7c(c(C#N)cc6n6c8cc(C#N)c9c(c8c4c56)C4c5ccccc5C9c5ccccc54)C4c5ccccc5C7c5ccccc54)c(=O)n2c13.